The third kappa shape index (κ3) is 12.3. The summed E-state index contributed by atoms with van der Waals surface area (Å²) in [6.45, 7) is 11.7. The molecule has 6 nitrogen and oxygen atoms in total. The van der Waals surface area contributed by atoms with Crippen molar-refractivity contribution in [3.05, 3.63) is 0 Å². The van der Waals surface area contributed by atoms with Crippen LogP contribution < -0.4 is 10.6 Å². The van der Waals surface area contributed by atoms with E-state index in [1.54, 1.807) is 11.8 Å². The molecule has 0 aliphatic heterocycles. The van der Waals surface area contributed by atoms with Gasteiger partial charge in [-0.1, -0.05) is 0 Å². The number of carbonyl (C=O) groups excluding carboxylic acids is 2. The molecule has 0 spiro atoms. The fourth-order valence-electron chi connectivity index (χ4n) is 1.26. The number of nitrogens with one attached hydrogen (secondary N) is 2. The molecule has 2 amide bonds. The maximum atomic E-state index is 11.6. The fraction of sp³-hybridized carbons (Fsp3) is 0.857. The molecule has 0 rings (SSSR count). The highest BCUT2D eigenvalue weighted by atomic mass is 32.2. The van der Waals surface area contributed by atoms with Crippen LogP contribution in [-0.4, -0.2) is 48.0 Å². The lowest BCUT2D eigenvalue weighted by molar-refractivity contribution is 0.0526. The molecular formula is C14H28N2O4S. The molecule has 0 unspecified atom stereocenters. The molecular weight excluding hydrogens is 292 g/mol. The maximum absolute atomic E-state index is 11.6. The lowest BCUT2D eigenvalue weighted by Crippen LogP contribution is -2.41. The van der Waals surface area contributed by atoms with Gasteiger partial charge in [-0.05, 0) is 47.8 Å². The van der Waals surface area contributed by atoms with Gasteiger partial charge in [-0.15, -0.1) is 0 Å². The smallest absolute Gasteiger partial charge is 0.407 e. The lowest BCUT2D eigenvalue weighted by Gasteiger charge is -2.22. The average molecular weight is 320 g/mol. The largest absolute Gasteiger partial charge is 0.444 e. The molecule has 2 N–H and O–H groups in total. The molecule has 0 saturated carbocycles. The van der Waals surface area contributed by atoms with Crippen LogP contribution in [0.2, 0.25) is 0 Å². The van der Waals surface area contributed by atoms with Crippen LogP contribution in [0.5, 0.6) is 0 Å². The van der Waals surface area contributed by atoms with Crippen molar-refractivity contribution in [2.24, 2.45) is 0 Å². The number of rotatable bonds is 5. The number of alkyl carbamates (subject to hydrolysis) is 2. The van der Waals surface area contributed by atoms with Crippen LogP contribution >= 0.6 is 11.8 Å². The Bertz CT molecular complexity index is 316. The Balaban J connectivity index is 4.07. The SMILES string of the molecule is CSC(CNC(=O)OC(C)(C)C)CNC(=O)OC(C)(C)C. The third-order valence-corrected chi connectivity index (χ3v) is 3.08. The van der Waals surface area contributed by atoms with E-state index >= 15 is 0 Å². The van der Waals surface area contributed by atoms with Crippen LogP contribution in [0.25, 0.3) is 0 Å². The highest BCUT2D eigenvalue weighted by Gasteiger charge is 2.19. The Labute approximate surface area is 131 Å². The predicted octanol–water partition coefficient (Wildman–Crippen LogP) is 2.77. The first-order valence-corrected chi connectivity index (χ1v) is 8.18. The molecule has 0 bridgehead atoms. The molecule has 21 heavy (non-hydrogen) atoms. The van der Waals surface area contributed by atoms with Crippen molar-refractivity contribution in [2.45, 2.75) is 58.0 Å². The number of ether oxygens (including phenoxy) is 2. The zero-order valence-electron chi connectivity index (χ0n) is 14.0. The summed E-state index contributed by atoms with van der Waals surface area (Å²) in [5.41, 5.74) is -1.04. The van der Waals surface area contributed by atoms with Crippen molar-refractivity contribution < 1.29 is 19.1 Å². The summed E-state index contributed by atoms with van der Waals surface area (Å²) >= 11 is 1.55. The minimum Gasteiger partial charge on any atom is -0.444 e. The fourth-order valence-corrected chi connectivity index (χ4v) is 1.76. The topological polar surface area (TPSA) is 76.7 Å². The van der Waals surface area contributed by atoms with Crippen molar-refractivity contribution in [1.82, 2.24) is 10.6 Å². The van der Waals surface area contributed by atoms with E-state index in [4.69, 9.17) is 9.47 Å². The van der Waals surface area contributed by atoms with Gasteiger partial charge in [0.15, 0.2) is 0 Å². The van der Waals surface area contributed by atoms with E-state index in [9.17, 15) is 9.59 Å². The van der Waals surface area contributed by atoms with E-state index in [1.807, 2.05) is 47.8 Å². The molecule has 0 fully saturated rings. The van der Waals surface area contributed by atoms with E-state index in [2.05, 4.69) is 10.6 Å². The molecule has 0 radical (unpaired) electrons. The van der Waals surface area contributed by atoms with E-state index in [0.29, 0.717) is 13.1 Å². The number of thioether (sulfide) groups is 1. The normalized spacial score (nSPS) is 12.0. The Morgan fingerprint density at radius 3 is 1.48 bits per heavy atom. The van der Waals surface area contributed by atoms with Crippen LogP contribution in [0.3, 0.4) is 0 Å². The Morgan fingerprint density at radius 1 is 0.905 bits per heavy atom. The van der Waals surface area contributed by atoms with Gasteiger partial charge < -0.3 is 20.1 Å². The molecule has 0 heterocycles. The minimum absolute atomic E-state index is 0.0463. The van der Waals surface area contributed by atoms with E-state index in [0.717, 1.165) is 0 Å². The Kier molecular flexibility index (Phi) is 7.92. The van der Waals surface area contributed by atoms with Gasteiger partial charge in [-0.25, -0.2) is 9.59 Å². The van der Waals surface area contributed by atoms with Crippen molar-refractivity contribution in [3.8, 4) is 0 Å². The summed E-state index contributed by atoms with van der Waals surface area (Å²) in [4.78, 5) is 23.1. The van der Waals surface area contributed by atoms with Gasteiger partial charge in [0.1, 0.15) is 11.2 Å². The average Bonchev–Trinajstić information content (AvgIpc) is 2.24. The van der Waals surface area contributed by atoms with Gasteiger partial charge in [-0.3, -0.25) is 0 Å². The van der Waals surface area contributed by atoms with Crippen LogP contribution in [0.4, 0.5) is 9.59 Å². The zero-order chi connectivity index (χ0) is 16.7. The molecule has 0 aromatic rings. The van der Waals surface area contributed by atoms with Crippen molar-refractivity contribution in [2.75, 3.05) is 19.3 Å². The van der Waals surface area contributed by atoms with E-state index < -0.39 is 23.4 Å². The molecule has 0 aliphatic rings. The van der Waals surface area contributed by atoms with E-state index in [-0.39, 0.29) is 5.25 Å². The summed E-state index contributed by atoms with van der Waals surface area (Å²) in [5, 5.41) is 5.42. The number of carbonyl (C=O) groups is 2. The summed E-state index contributed by atoms with van der Waals surface area (Å²) in [6, 6.07) is 0. The maximum Gasteiger partial charge on any atom is 0.407 e. The quantitative estimate of drug-likeness (QED) is 0.814. The monoisotopic (exact) mass is 320 g/mol. The molecule has 0 aromatic carbocycles. The Hall–Kier alpha value is -1.11. The third-order valence-electron chi connectivity index (χ3n) is 2.08. The van der Waals surface area contributed by atoms with Crippen LogP contribution in [0.1, 0.15) is 41.5 Å². The second-order valence-electron chi connectivity index (χ2n) is 6.62. The van der Waals surface area contributed by atoms with Crippen LogP contribution in [0, 0.1) is 0 Å². The summed E-state index contributed by atoms with van der Waals surface area (Å²) in [7, 11) is 0. The van der Waals surface area contributed by atoms with E-state index in [1.165, 1.54) is 0 Å². The van der Waals surface area contributed by atoms with Crippen molar-refractivity contribution in [1.29, 1.82) is 0 Å². The second kappa shape index (κ2) is 8.36. The van der Waals surface area contributed by atoms with Gasteiger partial charge in [0.05, 0.1) is 0 Å². The highest BCUT2D eigenvalue weighted by Crippen LogP contribution is 2.09. The molecule has 0 saturated heterocycles. The summed E-state index contributed by atoms with van der Waals surface area (Å²) in [5.74, 6) is 0. The first-order chi connectivity index (χ1) is 9.43. The van der Waals surface area contributed by atoms with Gasteiger partial charge in [0, 0.05) is 18.3 Å². The standard InChI is InChI=1S/C14H28N2O4S/c1-13(2,3)19-11(17)15-8-10(21-7)9-16-12(18)20-14(4,5)6/h10H,8-9H2,1-7H3,(H,15,17)(H,16,18). The molecule has 7 heteroatoms. The number of hydrogen-bond acceptors (Lipinski definition) is 5. The van der Waals surface area contributed by atoms with Crippen LogP contribution in [0.15, 0.2) is 0 Å². The molecule has 0 aliphatic carbocycles. The molecule has 0 atom stereocenters. The van der Waals surface area contributed by atoms with Gasteiger partial charge in [0.25, 0.3) is 0 Å². The summed E-state index contributed by atoms with van der Waals surface area (Å²) < 4.78 is 10.3. The minimum atomic E-state index is -0.520. The van der Waals surface area contributed by atoms with Gasteiger partial charge in [-0.2, -0.15) is 11.8 Å². The van der Waals surface area contributed by atoms with Gasteiger partial charge in [0.2, 0.25) is 0 Å². The van der Waals surface area contributed by atoms with Crippen molar-refractivity contribution >= 4 is 23.9 Å². The van der Waals surface area contributed by atoms with Crippen molar-refractivity contribution in [3.63, 3.8) is 0 Å². The van der Waals surface area contributed by atoms with Crippen LogP contribution in [-0.2, 0) is 9.47 Å². The first-order valence-electron chi connectivity index (χ1n) is 6.89. The highest BCUT2D eigenvalue weighted by molar-refractivity contribution is 7.99. The number of hydrogen-bond donors (Lipinski definition) is 2. The predicted molar refractivity (Wildman–Crippen MR) is 85.8 cm³/mol. The van der Waals surface area contributed by atoms with Gasteiger partial charge >= 0.3 is 12.2 Å². The molecule has 124 valence electrons. The first kappa shape index (κ1) is 19.9. The number of amides is 2. The summed E-state index contributed by atoms with van der Waals surface area (Å²) in [6.07, 6.45) is 0.996. The zero-order valence-corrected chi connectivity index (χ0v) is 14.8. The lowest BCUT2D eigenvalue weighted by atomic mass is 10.2. The Morgan fingerprint density at radius 2 is 1.24 bits per heavy atom. The molecule has 0 aromatic heterocycles. The second-order valence-corrected chi connectivity index (χ2v) is 7.76.